The molecule has 0 saturated heterocycles. The third kappa shape index (κ3) is 3.00. The topological polar surface area (TPSA) is 40.5 Å². The number of nitrogens with zero attached hydrogens (tertiary/aromatic N) is 1. The molecule has 0 aliphatic carbocycles. The molecular formula is C14H20FNO2. The zero-order valence-electron chi connectivity index (χ0n) is 11.5. The Morgan fingerprint density at radius 1 is 1.39 bits per heavy atom. The van der Waals surface area contributed by atoms with E-state index in [0.29, 0.717) is 5.69 Å². The van der Waals surface area contributed by atoms with Gasteiger partial charge in [-0.3, -0.25) is 0 Å². The summed E-state index contributed by atoms with van der Waals surface area (Å²) in [5.74, 6) is -1.65. The zero-order valence-corrected chi connectivity index (χ0v) is 11.5. The fourth-order valence-electron chi connectivity index (χ4n) is 1.78. The molecule has 0 radical (unpaired) electrons. The van der Waals surface area contributed by atoms with Gasteiger partial charge in [0.25, 0.3) is 0 Å². The van der Waals surface area contributed by atoms with Crippen LogP contribution in [0.1, 0.15) is 38.1 Å². The van der Waals surface area contributed by atoms with Crippen molar-refractivity contribution in [3.8, 4) is 0 Å². The molecule has 0 aliphatic heterocycles. The first-order chi connectivity index (χ1) is 8.14. The summed E-state index contributed by atoms with van der Waals surface area (Å²) in [5.41, 5.74) is 0.527. The van der Waals surface area contributed by atoms with Crippen molar-refractivity contribution in [1.29, 1.82) is 0 Å². The van der Waals surface area contributed by atoms with Crippen molar-refractivity contribution < 1.29 is 14.3 Å². The van der Waals surface area contributed by atoms with Gasteiger partial charge in [-0.05, 0) is 30.5 Å². The van der Waals surface area contributed by atoms with Gasteiger partial charge in [0, 0.05) is 13.1 Å². The van der Waals surface area contributed by atoms with Crippen molar-refractivity contribution in [1.82, 2.24) is 0 Å². The summed E-state index contributed by atoms with van der Waals surface area (Å²) in [5, 5.41) is 9.13. The Morgan fingerprint density at radius 3 is 2.39 bits per heavy atom. The lowest BCUT2D eigenvalue weighted by Crippen LogP contribution is -2.40. The maximum Gasteiger partial charge on any atom is 0.337 e. The lowest BCUT2D eigenvalue weighted by molar-refractivity contribution is 0.0696. The second-order valence-corrected chi connectivity index (χ2v) is 5.62. The summed E-state index contributed by atoms with van der Waals surface area (Å²) in [7, 11) is 1.83. The Balaban J connectivity index is 3.21. The van der Waals surface area contributed by atoms with Crippen LogP contribution in [-0.4, -0.2) is 24.2 Å². The molecule has 0 heterocycles. The summed E-state index contributed by atoms with van der Waals surface area (Å²) >= 11 is 0. The Morgan fingerprint density at radius 2 is 1.94 bits per heavy atom. The standard InChI is InChI=1S/C14H20FNO2/c1-9(14(2,3)4)16(5)12-7-6-10(15)8-11(12)13(17)18/h6-9H,1-5H3,(H,17,18). The first-order valence-electron chi connectivity index (χ1n) is 5.90. The quantitative estimate of drug-likeness (QED) is 0.897. The van der Waals surface area contributed by atoms with Crippen molar-refractivity contribution in [2.75, 3.05) is 11.9 Å². The summed E-state index contributed by atoms with van der Waals surface area (Å²) in [6.45, 7) is 8.27. The fourth-order valence-corrected chi connectivity index (χ4v) is 1.78. The minimum atomic E-state index is -1.11. The Labute approximate surface area is 107 Å². The van der Waals surface area contributed by atoms with Gasteiger partial charge in [-0.2, -0.15) is 0 Å². The van der Waals surface area contributed by atoms with Crippen LogP contribution in [0.2, 0.25) is 0 Å². The van der Waals surface area contributed by atoms with Crippen LogP contribution in [0.15, 0.2) is 18.2 Å². The SMILES string of the molecule is CC(N(C)c1ccc(F)cc1C(=O)O)C(C)(C)C. The molecule has 1 aromatic rings. The lowest BCUT2D eigenvalue weighted by Gasteiger charge is -2.37. The second-order valence-electron chi connectivity index (χ2n) is 5.62. The predicted molar refractivity (Wildman–Crippen MR) is 70.7 cm³/mol. The molecule has 1 atom stereocenters. The summed E-state index contributed by atoms with van der Waals surface area (Å²) in [6.07, 6.45) is 0. The highest BCUT2D eigenvalue weighted by Gasteiger charge is 2.26. The molecule has 18 heavy (non-hydrogen) atoms. The highest BCUT2D eigenvalue weighted by atomic mass is 19.1. The normalized spacial score (nSPS) is 13.2. The van der Waals surface area contributed by atoms with E-state index in [9.17, 15) is 9.18 Å². The average molecular weight is 253 g/mol. The highest BCUT2D eigenvalue weighted by Crippen LogP contribution is 2.29. The van der Waals surface area contributed by atoms with Crippen molar-refractivity contribution in [3.05, 3.63) is 29.6 Å². The number of carboxylic acid groups (broad SMARTS) is 1. The highest BCUT2D eigenvalue weighted by molar-refractivity contribution is 5.94. The Bertz CT molecular complexity index is 452. The molecule has 1 unspecified atom stereocenters. The third-order valence-corrected chi connectivity index (χ3v) is 3.40. The number of halogens is 1. The van der Waals surface area contributed by atoms with Crippen LogP contribution >= 0.6 is 0 Å². The van der Waals surface area contributed by atoms with Crippen molar-refractivity contribution in [3.63, 3.8) is 0 Å². The van der Waals surface area contributed by atoms with Crippen LogP contribution in [0, 0.1) is 11.2 Å². The molecule has 0 fully saturated rings. The van der Waals surface area contributed by atoms with E-state index < -0.39 is 11.8 Å². The smallest absolute Gasteiger partial charge is 0.337 e. The van der Waals surface area contributed by atoms with Gasteiger partial charge in [-0.1, -0.05) is 20.8 Å². The Hall–Kier alpha value is -1.58. The molecule has 1 aromatic carbocycles. The van der Waals surface area contributed by atoms with Crippen LogP contribution in [0.25, 0.3) is 0 Å². The van der Waals surface area contributed by atoms with Gasteiger partial charge in [0.15, 0.2) is 0 Å². The van der Waals surface area contributed by atoms with Gasteiger partial charge in [0.2, 0.25) is 0 Å². The molecule has 3 nitrogen and oxygen atoms in total. The van der Waals surface area contributed by atoms with E-state index in [2.05, 4.69) is 20.8 Å². The molecule has 0 amide bonds. The number of rotatable bonds is 3. The van der Waals surface area contributed by atoms with Crippen LogP contribution in [-0.2, 0) is 0 Å². The molecule has 0 aliphatic rings. The maximum absolute atomic E-state index is 13.1. The van der Waals surface area contributed by atoms with E-state index in [4.69, 9.17) is 5.11 Å². The third-order valence-electron chi connectivity index (χ3n) is 3.40. The van der Waals surface area contributed by atoms with Gasteiger partial charge in [0.1, 0.15) is 5.82 Å². The van der Waals surface area contributed by atoms with Gasteiger partial charge in [0.05, 0.1) is 11.3 Å². The first kappa shape index (κ1) is 14.5. The number of carboxylic acids is 1. The lowest BCUT2D eigenvalue weighted by atomic mass is 9.86. The number of hydrogen-bond donors (Lipinski definition) is 1. The van der Waals surface area contributed by atoms with E-state index >= 15 is 0 Å². The molecule has 1 rings (SSSR count). The van der Waals surface area contributed by atoms with E-state index in [-0.39, 0.29) is 17.0 Å². The molecule has 0 spiro atoms. The first-order valence-corrected chi connectivity index (χ1v) is 5.90. The van der Waals surface area contributed by atoms with Crippen LogP contribution in [0.3, 0.4) is 0 Å². The zero-order chi connectivity index (χ0) is 14.1. The Kier molecular flexibility index (Phi) is 3.99. The number of anilines is 1. The summed E-state index contributed by atoms with van der Waals surface area (Å²) in [4.78, 5) is 13.0. The van der Waals surface area contributed by atoms with E-state index in [0.717, 1.165) is 6.07 Å². The summed E-state index contributed by atoms with van der Waals surface area (Å²) < 4.78 is 13.1. The molecule has 0 aromatic heterocycles. The van der Waals surface area contributed by atoms with Gasteiger partial charge < -0.3 is 10.0 Å². The van der Waals surface area contributed by atoms with E-state index in [1.165, 1.54) is 12.1 Å². The monoisotopic (exact) mass is 253 g/mol. The van der Waals surface area contributed by atoms with Crippen LogP contribution < -0.4 is 4.90 Å². The number of hydrogen-bond acceptors (Lipinski definition) is 2. The summed E-state index contributed by atoms with van der Waals surface area (Å²) in [6, 6.07) is 3.99. The fraction of sp³-hybridized carbons (Fsp3) is 0.500. The number of benzene rings is 1. The molecular weight excluding hydrogens is 233 g/mol. The van der Waals surface area contributed by atoms with Crippen LogP contribution in [0.5, 0.6) is 0 Å². The van der Waals surface area contributed by atoms with Gasteiger partial charge in [-0.15, -0.1) is 0 Å². The number of carbonyl (C=O) groups is 1. The molecule has 0 saturated carbocycles. The van der Waals surface area contributed by atoms with Crippen molar-refractivity contribution in [2.24, 2.45) is 5.41 Å². The van der Waals surface area contributed by atoms with Crippen molar-refractivity contribution >= 4 is 11.7 Å². The van der Waals surface area contributed by atoms with E-state index in [1.807, 2.05) is 18.9 Å². The largest absolute Gasteiger partial charge is 0.478 e. The maximum atomic E-state index is 13.1. The van der Waals surface area contributed by atoms with Gasteiger partial charge in [-0.25, -0.2) is 9.18 Å². The number of aromatic carboxylic acids is 1. The minimum absolute atomic E-state index is 0.00108. The minimum Gasteiger partial charge on any atom is -0.478 e. The second kappa shape index (κ2) is 4.96. The molecule has 0 bridgehead atoms. The molecule has 4 heteroatoms. The predicted octanol–water partition coefficient (Wildman–Crippen LogP) is 3.39. The average Bonchev–Trinajstić information content (AvgIpc) is 2.25. The molecule has 1 N–H and O–H groups in total. The van der Waals surface area contributed by atoms with Crippen LogP contribution in [0.4, 0.5) is 10.1 Å². The van der Waals surface area contributed by atoms with Gasteiger partial charge >= 0.3 is 5.97 Å². The van der Waals surface area contributed by atoms with Crippen molar-refractivity contribution in [2.45, 2.75) is 33.7 Å². The molecule has 100 valence electrons. The van der Waals surface area contributed by atoms with E-state index in [1.54, 1.807) is 0 Å².